The number of nitro groups is 1. The normalized spacial score (nSPS) is 10.9. The first-order chi connectivity index (χ1) is 11.7. The highest BCUT2D eigenvalue weighted by molar-refractivity contribution is 7.98. The predicted molar refractivity (Wildman–Crippen MR) is 87.5 cm³/mol. The third kappa shape index (κ3) is 3.92. The van der Waals surface area contributed by atoms with Gasteiger partial charge in [-0.3, -0.25) is 10.1 Å². The Kier molecular flexibility index (Phi) is 5.11. The van der Waals surface area contributed by atoms with Crippen molar-refractivity contribution in [3.05, 3.63) is 46.2 Å². The summed E-state index contributed by atoms with van der Waals surface area (Å²) < 4.78 is 11.0. The van der Waals surface area contributed by atoms with Gasteiger partial charge in [0.25, 0.3) is 10.9 Å². The standard InChI is InChI=1S/C13H11N5O4S2/c1-23-6-10-15-17-13(22-10)24-7-11-14-16-12(21-11)8-2-4-9(5-3-8)18(19)20/h2-5H,6-7H2,1H3. The van der Waals surface area contributed by atoms with E-state index in [4.69, 9.17) is 8.83 Å². The molecule has 0 bridgehead atoms. The molecule has 0 aliphatic rings. The smallest absolute Gasteiger partial charge is 0.277 e. The molecule has 2 heterocycles. The van der Waals surface area contributed by atoms with Gasteiger partial charge in [0.2, 0.25) is 17.7 Å². The van der Waals surface area contributed by atoms with Crippen LogP contribution in [-0.2, 0) is 11.5 Å². The first kappa shape index (κ1) is 16.5. The number of hydrogen-bond acceptors (Lipinski definition) is 10. The molecule has 9 nitrogen and oxygen atoms in total. The highest BCUT2D eigenvalue weighted by Crippen LogP contribution is 2.25. The molecule has 0 radical (unpaired) electrons. The minimum Gasteiger partial charge on any atom is -0.420 e. The zero-order valence-corrected chi connectivity index (χ0v) is 14.0. The van der Waals surface area contributed by atoms with Crippen molar-refractivity contribution in [3.63, 3.8) is 0 Å². The summed E-state index contributed by atoms with van der Waals surface area (Å²) in [6.07, 6.45) is 1.95. The molecular weight excluding hydrogens is 354 g/mol. The first-order valence-electron chi connectivity index (χ1n) is 6.67. The zero-order chi connectivity index (χ0) is 16.9. The molecule has 0 unspecified atom stereocenters. The van der Waals surface area contributed by atoms with E-state index < -0.39 is 4.92 Å². The van der Waals surface area contributed by atoms with Gasteiger partial charge >= 0.3 is 0 Å². The highest BCUT2D eigenvalue weighted by atomic mass is 32.2. The van der Waals surface area contributed by atoms with Gasteiger partial charge in [0.1, 0.15) is 0 Å². The fourth-order valence-corrected chi connectivity index (χ4v) is 2.74. The van der Waals surface area contributed by atoms with E-state index in [0.717, 1.165) is 0 Å². The summed E-state index contributed by atoms with van der Waals surface area (Å²) in [4.78, 5) is 10.2. The maximum atomic E-state index is 10.6. The van der Waals surface area contributed by atoms with Crippen LogP contribution in [0, 0.1) is 10.1 Å². The molecule has 24 heavy (non-hydrogen) atoms. The van der Waals surface area contributed by atoms with Gasteiger partial charge in [-0.25, -0.2) is 0 Å². The Hall–Kier alpha value is -2.40. The van der Waals surface area contributed by atoms with Crippen molar-refractivity contribution in [1.82, 2.24) is 20.4 Å². The van der Waals surface area contributed by atoms with Gasteiger partial charge in [-0.05, 0) is 18.4 Å². The van der Waals surface area contributed by atoms with E-state index in [-0.39, 0.29) is 5.69 Å². The lowest BCUT2D eigenvalue weighted by molar-refractivity contribution is -0.384. The molecule has 11 heteroatoms. The Balaban J connectivity index is 1.63. The lowest BCUT2D eigenvalue weighted by atomic mass is 10.2. The summed E-state index contributed by atoms with van der Waals surface area (Å²) >= 11 is 2.90. The predicted octanol–water partition coefficient (Wildman–Crippen LogP) is 3.18. The van der Waals surface area contributed by atoms with Gasteiger partial charge in [-0.2, -0.15) is 11.8 Å². The number of benzene rings is 1. The van der Waals surface area contributed by atoms with Crippen LogP contribution in [0.15, 0.2) is 38.3 Å². The monoisotopic (exact) mass is 365 g/mol. The molecule has 1 aromatic carbocycles. The molecule has 0 N–H and O–H groups in total. The lowest BCUT2D eigenvalue weighted by Gasteiger charge is -1.94. The van der Waals surface area contributed by atoms with E-state index in [0.29, 0.717) is 40.0 Å². The van der Waals surface area contributed by atoms with Crippen LogP contribution in [-0.4, -0.2) is 31.6 Å². The summed E-state index contributed by atoms with van der Waals surface area (Å²) in [7, 11) is 0. The van der Waals surface area contributed by atoms with Gasteiger partial charge in [0, 0.05) is 17.7 Å². The second-order valence-corrected chi connectivity index (χ2v) is 6.28. The van der Waals surface area contributed by atoms with Crippen LogP contribution < -0.4 is 0 Å². The SMILES string of the molecule is CSCc1nnc(SCc2nnc(-c3ccc([N+](=O)[O-])cc3)o2)o1. The Morgan fingerprint density at radius 1 is 1.04 bits per heavy atom. The summed E-state index contributed by atoms with van der Waals surface area (Å²) in [6, 6.07) is 5.91. The molecule has 0 fully saturated rings. The van der Waals surface area contributed by atoms with E-state index in [2.05, 4.69) is 20.4 Å². The number of nitro benzene ring substituents is 1. The van der Waals surface area contributed by atoms with E-state index in [1.165, 1.54) is 23.9 Å². The molecule has 0 aliphatic heterocycles. The number of aromatic nitrogens is 4. The number of hydrogen-bond donors (Lipinski definition) is 0. The van der Waals surface area contributed by atoms with Gasteiger partial charge in [-0.1, -0.05) is 11.8 Å². The van der Waals surface area contributed by atoms with Crippen molar-refractivity contribution < 1.29 is 13.8 Å². The highest BCUT2D eigenvalue weighted by Gasteiger charge is 2.13. The third-order valence-electron chi connectivity index (χ3n) is 2.83. The first-order valence-corrected chi connectivity index (χ1v) is 9.05. The molecule has 3 rings (SSSR count). The molecule has 0 amide bonds. The fraction of sp³-hybridized carbons (Fsp3) is 0.231. The average Bonchev–Trinajstić information content (AvgIpc) is 3.23. The molecule has 3 aromatic rings. The molecule has 0 saturated heterocycles. The van der Waals surface area contributed by atoms with Crippen molar-refractivity contribution >= 4 is 29.2 Å². The maximum absolute atomic E-state index is 10.6. The van der Waals surface area contributed by atoms with Crippen LogP contribution in [0.4, 0.5) is 5.69 Å². The minimum absolute atomic E-state index is 0.00600. The van der Waals surface area contributed by atoms with E-state index in [1.807, 2.05) is 6.26 Å². The number of rotatable bonds is 7. The van der Waals surface area contributed by atoms with Gasteiger partial charge in [0.05, 0.1) is 16.4 Å². The molecule has 0 spiro atoms. The van der Waals surface area contributed by atoms with Crippen molar-refractivity contribution in [2.24, 2.45) is 0 Å². The third-order valence-corrected chi connectivity index (χ3v) is 4.17. The molecule has 0 aliphatic carbocycles. The van der Waals surface area contributed by atoms with E-state index >= 15 is 0 Å². The van der Waals surface area contributed by atoms with Crippen LogP contribution >= 0.6 is 23.5 Å². The fourth-order valence-electron chi connectivity index (χ4n) is 1.76. The van der Waals surface area contributed by atoms with Crippen molar-refractivity contribution in [1.29, 1.82) is 0 Å². The Morgan fingerprint density at radius 2 is 1.75 bits per heavy atom. The largest absolute Gasteiger partial charge is 0.420 e. The van der Waals surface area contributed by atoms with Crippen molar-refractivity contribution in [3.8, 4) is 11.5 Å². The Morgan fingerprint density at radius 3 is 2.46 bits per heavy atom. The van der Waals surface area contributed by atoms with E-state index in [1.54, 1.807) is 23.9 Å². The summed E-state index contributed by atoms with van der Waals surface area (Å²) in [6.45, 7) is 0. The van der Waals surface area contributed by atoms with Gasteiger partial charge in [0.15, 0.2) is 0 Å². The number of nitrogens with zero attached hydrogens (tertiary/aromatic N) is 5. The topological polar surface area (TPSA) is 121 Å². The second-order valence-electron chi connectivity index (χ2n) is 4.49. The van der Waals surface area contributed by atoms with E-state index in [9.17, 15) is 10.1 Å². The lowest BCUT2D eigenvalue weighted by Crippen LogP contribution is -1.87. The zero-order valence-electron chi connectivity index (χ0n) is 12.4. The van der Waals surface area contributed by atoms with Crippen molar-refractivity contribution in [2.75, 3.05) is 6.26 Å². The van der Waals surface area contributed by atoms with Gasteiger partial charge in [-0.15, -0.1) is 20.4 Å². The Bertz CT molecular complexity index is 833. The summed E-state index contributed by atoms with van der Waals surface area (Å²) in [5.41, 5.74) is 0.621. The van der Waals surface area contributed by atoms with Crippen LogP contribution in [0.3, 0.4) is 0 Å². The average molecular weight is 365 g/mol. The minimum atomic E-state index is -0.463. The number of non-ortho nitro benzene ring substituents is 1. The van der Waals surface area contributed by atoms with Crippen LogP contribution in [0.2, 0.25) is 0 Å². The molecule has 2 aromatic heterocycles. The maximum Gasteiger partial charge on any atom is 0.277 e. The van der Waals surface area contributed by atoms with Gasteiger partial charge < -0.3 is 8.83 Å². The van der Waals surface area contributed by atoms with Crippen LogP contribution in [0.25, 0.3) is 11.5 Å². The second kappa shape index (κ2) is 7.45. The van der Waals surface area contributed by atoms with Crippen molar-refractivity contribution in [2.45, 2.75) is 16.7 Å². The molecule has 0 atom stereocenters. The quantitative estimate of drug-likeness (QED) is 0.350. The summed E-state index contributed by atoms with van der Waals surface area (Å²) in [5.74, 6) is 2.33. The molecular formula is C13H11N5O4S2. The summed E-state index contributed by atoms with van der Waals surface area (Å²) in [5, 5.41) is 26.8. The Labute approximate surface area is 144 Å². The molecule has 0 saturated carbocycles. The number of thioether (sulfide) groups is 2. The van der Waals surface area contributed by atoms with Crippen LogP contribution in [0.1, 0.15) is 11.8 Å². The van der Waals surface area contributed by atoms with Crippen LogP contribution in [0.5, 0.6) is 0 Å². The molecule has 124 valence electrons.